The van der Waals surface area contributed by atoms with Gasteiger partial charge < -0.3 is 14.7 Å². The van der Waals surface area contributed by atoms with Crippen LogP contribution in [0.15, 0.2) is 18.2 Å². The lowest BCUT2D eigenvalue weighted by molar-refractivity contribution is -0.384. The molecule has 10 heteroatoms. The first-order valence-electron chi connectivity index (χ1n) is 9.06. The number of likely N-dealkylation sites (tertiary alicyclic amines) is 1. The number of nitrogens with zero attached hydrogens (tertiary/aromatic N) is 3. The monoisotopic (exact) mass is 391 g/mol. The molecule has 2 aliphatic heterocycles. The number of hydrogen-bond donors (Lipinski definition) is 1. The number of carbonyl (C=O) groups is 3. The van der Waals surface area contributed by atoms with Crippen LogP contribution in [0, 0.1) is 16.0 Å². The fourth-order valence-electron chi connectivity index (χ4n) is 3.57. The molecule has 2 aliphatic rings. The molecule has 0 aromatic heterocycles. The number of nitro benzene ring substituents is 1. The fraction of sp³-hybridized carbons (Fsp3) is 0.500. The van der Waals surface area contributed by atoms with Crippen molar-refractivity contribution >= 4 is 29.2 Å². The third kappa shape index (κ3) is 4.38. The summed E-state index contributed by atoms with van der Waals surface area (Å²) < 4.78 is 5.30. The van der Waals surface area contributed by atoms with Crippen molar-refractivity contribution in [2.45, 2.75) is 25.7 Å². The van der Waals surface area contributed by atoms with Gasteiger partial charge in [-0.1, -0.05) is 0 Å². The van der Waals surface area contributed by atoms with Gasteiger partial charge in [-0.15, -0.1) is 0 Å². The maximum Gasteiger partial charge on any atom is 0.303 e. The molecule has 1 atom stereocenters. The molecule has 1 fully saturated rings. The van der Waals surface area contributed by atoms with E-state index in [9.17, 15) is 24.5 Å². The second kappa shape index (κ2) is 8.24. The Labute approximate surface area is 160 Å². The quantitative estimate of drug-likeness (QED) is 0.573. The largest absolute Gasteiger partial charge is 0.482 e. The lowest BCUT2D eigenvalue weighted by Gasteiger charge is -2.35. The minimum atomic E-state index is -0.861. The topological polar surface area (TPSA) is 130 Å². The minimum absolute atomic E-state index is 0.0612. The number of rotatable bonds is 6. The number of hydrogen-bond acceptors (Lipinski definition) is 6. The van der Waals surface area contributed by atoms with E-state index < -0.39 is 16.8 Å². The van der Waals surface area contributed by atoms with Gasteiger partial charge in [0.2, 0.25) is 5.91 Å². The summed E-state index contributed by atoms with van der Waals surface area (Å²) in [5.74, 6) is -1.15. The van der Waals surface area contributed by atoms with Crippen molar-refractivity contribution in [1.82, 2.24) is 4.90 Å². The molecular formula is C18H21N3O7. The van der Waals surface area contributed by atoms with Gasteiger partial charge in [0.15, 0.2) is 6.61 Å². The van der Waals surface area contributed by atoms with Gasteiger partial charge >= 0.3 is 5.97 Å². The van der Waals surface area contributed by atoms with Crippen LogP contribution in [0.5, 0.6) is 5.75 Å². The van der Waals surface area contributed by atoms with Crippen molar-refractivity contribution in [3.63, 3.8) is 0 Å². The average Bonchev–Trinajstić information content (AvgIpc) is 2.68. The molecule has 1 unspecified atom stereocenters. The first-order valence-corrected chi connectivity index (χ1v) is 9.06. The molecular weight excluding hydrogens is 370 g/mol. The standard InChI is InChI=1S/C18H21N3O7/c22-16(19-7-1-2-12(9-19)3-6-18(24)25)10-20-14-8-13(21(26)27)4-5-15(14)28-11-17(20)23/h4-5,8,12H,1-3,6-7,9-11H2,(H,24,25). The van der Waals surface area contributed by atoms with Gasteiger partial charge in [-0.05, 0) is 31.2 Å². The number of carboxylic acids is 1. The van der Waals surface area contributed by atoms with Crippen molar-refractivity contribution in [1.29, 1.82) is 0 Å². The minimum Gasteiger partial charge on any atom is -0.482 e. The number of fused-ring (bicyclic) bond motifs is 1. The molecule has 1 N–H and O–H groups in total. The van der Waals surface area contributed by atoms with E-state index in [0.29, 0.717) is 25.3 Å². The van der Waals surface area contributed by atoms with Gasteiger partial charge in [-0.25, -0.2) is 0 Å². The second-order valence-corrected chi connectivity index (χ2v) is 6.96. The zero-order chi connectivity index (χ0) is 20.3. The predicted octanol–water partition coefficient (Wildman–Crippen LogP) is 1.42. The first kappa shape index (κ1) is 19.6. The van der Waals surface area contributed by atoms with Crippen LogP contribution < -0.4 is 9.64 Å². The molecule has 2 amide bonds. The SMILES string of the molecule is O=C(O)CCC1CCCN(C(=O)CN2C(=O)COc3ccc([N+](=O)[O-])cc32)C1. The molecule has 3 rings (SSSR count). The van der Waals surface area contributed by atoms with Crippen LogP contribution in [0.1, 0.15) is 25.7 Å². The van der Waals surface area contributed by atoms with Crippen molar-refractivity contribution in [3.8, 4) is 5.75 Å². The van der Waals surface area contributed by atoms with Crippen molar-refractivity contribution in [2.75, 3.05) is 31.1 Å². The molecule has 0 aliphatic carbocycles. The number of carboxylic acid groups (broad SMARTS) is 1. The molecule has 28 heavy (non-hydrogen) atoms. The van der Waals surface area contributed by atoms with E-state index in [-0.39, 0.29) is 42.8 Å². The molecule has 2 heterocycles. The van der Waals surface area contributed by atoms with Gasteiger partial charge in [-0.3, -0.25) is 29.4 Å². The third-order valence-electron chi connectivity index (χ3n) is 5.03. The number of anilines is 1. The average molecular weight is 391 g/mol. The van der Waals surface area contributed by atoms with Crippen LogP contribution in [-0.4, -0.2) is 59.0 Å². The fourth-order valence-corrected chi connectivity index (χ4v) is 3.57. The van der Waals surface area contributed by atoms with Crippen LogP contribution in [0.2, 0.25) is 0 Å². The zero-order valence-electron chi connectivity index (χ0n) is 15.2. The predicted molar refractivity (Wildman–Crippen MR) is 97.1 cm³/mol. The van der Waals surface area contributed by atoms with Gasteiger partial charge in [0.25, 0.3) is 11.6 Å². The Bertz CT molecular complexity index is 810. The number of non-ortho nitro benzene ring substituents is 1. The second-order valence-electron chi connectivity index (χ2n) is 6.96. The number of piperidine rings is 1. The van der Waals surface area contributed by atoms with Crippen LogP contribution in [0.4, 0.5) is 11.4 Å². The zero-order valence-corrected chi connectivity index (χ0v) is 15.2. The van der Waals surface area contributed by atoms with Gasteiger partial charge in [-0.2, -0.15) is 0 Å². The maximum atomic E-state index is 12.8. The molecule has 0 saturated carbocycles. The highest BCUT2D eigenvalue weighted by Crippen LogP contribution is 2.35. The summed E-state index contributed by atoms with van der Waals surface area (Å²) in [7, 11) is 0. The number of ether oxygens (including phenoxy) is 1. The summed E-state index contributed by atoms with van der Waals surface area (Å²) >= 11 is 0. The number of benzene rings is 1. The van der Waals surface area contributed by atoms with E-state index in [2.05, 4.69) is 0 Å². The molecule has 10 nitrogen and oxygen atoms in total. The first-order chi connectivity index (χ1) is 13.3. The van der Waals surface area contributed by atoms with Gasteiger partial charge in [0.05, 0.1) is 10.6 Å². The van der Waals surface area contributed by atoms with E-state index in [4.69, 9.17) is 9.84 Å². The van der Waals surface area contributed by atoms with Crippen molar-refractivity contribution < 1.29 is 29.2 Å². The Morgan fingerprint density at radius 1 is 1.36 bits per heavy atom. The van der Waals surface area contributed by atoms with E-state index in [1.807, 2.05) is 0 Å². The molecule has 0 spiro atoms. The van der Waals surface area contributed by atoms with Crippen molar-refractivity contribution in [3.05, 3.63) is 28.3 Å². The van der Waals surface area contributed by atoms with E-state index in [0.717, 1.165) is 12.8 Å². The van der Waals surface area contributed by atoms with E-state index >= 15 is 0 Å². The molecule has 1 saturated heterocycles. The number of nitro groups is 1. The highest BCUT2D eigenvalue weighted by molar-refractivity contribution is 6.02. The Morgan fingerprint density at radius 3 is 2.86 bits per heavy atom. The molecule has 1 aromatic rings. The summed E-state index contributed by atoms with van der Waals surface area (Å²) in [6.07, 6.45) is 2.20. The highest BCUT2D eigenvalue weighted by atomic mass is 16.6. The smallest absolute Gasteiger partial charge is 0.303 e. The van der Waals surface area contributed by atoms with Crippen LogP contribution in [0.3, 0.4) is 0 Å². The maximum absolute atomic E-state index is 12.8. The lowest BCUT2D eigenvalue weighted by atomic mass is 9.93. The number of carbonyl (C=O) groups excluding carboxylic acids is 2. The van der Waals surface area contributed by atoms with Crippen LogP contribution >= 0.6 is 0 Å². The van der Waals surface area contributed by atoms with Crippen LogP contribution in [0.25, 0.3) is 0 Å². The van der Waals surface area contributed by atoms with Gasteiger partial charge in [0.1, 0.15) is 12.3 Å². The Balaban J connectivity index is 1.71. The summed E-state index contributed by atoms with van der Waals surface area (Å²) in [6.45, 7) is 0.524. The Kier molecular flexibility index (Phi) is 5.76. The highest BCUT2D eigenvalue weighted by Gasteiger charge is 2.32. The van der Waals surface area contributed by atoms with E-state index in [1.165, 1.54) is 23.1 Å². The number of amides is 2. The molecule has 0 radical (unpaired) electrons. The Morgan fingerprint density at radius 2 is 2.14 bits per heavy atom. The number of aliphatic carboxylic acids is 1. The molecule has 1 aromatic carbocycles. The Hall–Kier alpha value is -3.17. The molecule has 150 valence electrons. The van der Waals surface area contributed by atoms with E-state index in [1.54, 1.807) is 4.90 Å². The lowest BCUT2D eigenvalue weighted by Crippen LogP contribution is -2.49. The summed E-state index contributed by atoms with van der Waals surface area (Å²) in [5.41, 5.74) is 0.0134. The molecule has 0 bridgehead atoms. The summed E-state index contributed by atoms with van der Waals surface area (Å²) in [5, 5.41) is 19.9. The van der Waals surface area contributed by atoms with Gasteiger partial charge in [0, 0.05) is 31.6 Å². The summed E-state index contributed by atoms with van der Waals surface area (Å²) in [4.78, 5) is 49.1. The third-order valence-corrected chi connectivity index (χ3v) is 5.03. The normalized spacial score (nSPS) is 19.0. The van der Waals surface area contributed by atoms with Crippen LogP contribution in [-0.2, 0) is 14.4 Å². The van der Waals surface area contributed by atoms with Crippen molar-refractivity contribution in [2.24, 2.45) is 5.92 Å². The summed E-state index contributed by atoms with van der Waals surface area (Å²) in [6, 6.07) is 3.93.